The van der Waals surface area contributed by atoms with Crippen molar-refractivity contribution in [2.45, 2.75) is 20.0 Å². The van der Waals surface area contributed by atoms with E-state index >= 15 is 0 Å². The molecule has 0 saturated carbocycles. The lowest BCUT2D eigenvalue weighted by atomic mass is 10.2. The van der Waals surface area contributed by atoms with Gasteiger partial charge in [0.25, 0.3) is 0 Å². The number of nitrogens with one attached hydrogen (secondary N) is 2. The number of ether oxygens (including phenoxy) is 2. The third-order valence-corrected chi connectivity index (χ3v) is 3.30. The second-order valence-corrected chi connectivity index (χ2v) is 5.80. The molecule has 0 aliphatic heterocycles. The number of amides is 2. The maximum absolute atomic E-state index is 11.8. The predicted molar refractivity (Wildman–Crippen MR) is 100.0 cm³/mol. The first-order valence-corrected chi connectivity index (χ1v) is 8.06. The number of rotatable bonds is 6. The van der Waals surface area contributed by atoms with Gasteiger partial charge in [0.2, 0.25) is 0 Å². The number of hydrogen-bond donors (Lipinski definition) is 2. The Morgan fingerprint density at radius 2 is 1.96 bits per heavy atom. The summed E-state index contributed by atoms with van der Waals surface area (Å²) in [5.41, 5.74) is 3.73. The zero-order valence-corrected chi connectivity index (χ0v) is 15.0. The minimum absolute atomic E-state index is 0.0331. The number of urea groups is 1. The first-order chi connectivity index (χ1) is 12.0. The SMILES string of the molecule is COc1cc(/C=N\NC(=O)Nc2ccccc2)cc(Cl)c1OC(C)C. The van der Waals surface area contributed by atoms with Gasteiger partial charge in [0.05, 0.1) is 24.5 Å². The molecule has 25 heavy (non-hydrogen) atoms. The number of carbonyl (C=O) groups excluding carboxylic acids is 1. The van der Waals surface area contributed by atoms with Gasteiger partial charge in [0.15, 0.2) is 11.5 Å². The highest BCUT2D eigenvalue weighted by Crippen LogP contribution is 2.36. The maximum Gasteiger partial charge on any atom is 0.339 e. The van der Waals surface area contributed by atoms with E-state index in [1.54, 1.807) is 24.3 Å². The normalized spacial score (nSPS) is 10.8. The van der Waals surface area contributed by atoms with E-state index in [-0.39, 0.29) is 6.10 Å². The number of benzene rings is 2. The third-order valence-electron chi connectivity index (χ3n) is 3.02. The summed E-state index contributed by atoms with van der Waals surface area (Å²) in [6.07, 6.45) is 1.44. The van der Waals surface area contributed by atoms with Crippen LogP contribution in [0.25, 0.3) is 0 Å². The van der Waals surface area contributed by atoms with Gasteiger partial charge in [-0.05, 0) is 43.7 Å². The minimum atomic E-state index is -0.444. The molecule has 2 aromatic carbocycles. The van der Waals surface area contributed by atoms with Crippen LogP contribution in [0.3, 0.4) is 0 Å². The molecule has 2 amide bonds. The molecular weight excluding hydrogens is 342 g/mol. The summed E-state index contributed by atoms with van der Waals surface area (Å²) in [4.78, 5) is 11.8. The van der Waals surface area contributed by atoms with Crippen molar-refractivity contribution in [3.05, 3.63) is 53.1 Å². The van der Waals surface area contributed by atoms with Crippen molar-refractivity contribution in [2.24, 2.45) is 5.10 Å². The Hall–Kier alpha value is -2.73. The lowest BCUT2D eigenvalue weighted by Gasteiger charge is -2.15. The highest BCUT2D eigenvalue weighted by Gasteiger charge is 2.12. The number of carbonyl (C=O) groups is 1. The lowest BCUT2D eigenvalue weighted by Crippen LogP contribution is -2.24. The quantitative estimate of drug-likeness (QED) is 0.595. The van der Waals surface area contributed by atoms with Crippen LogP contribution in [0.5, 0.6) is 11.5 Å². The number of hydrogen-bond acceptors (Lipinski definition) is 4. The molecule has 0 radical (unpaired) electrons. The summed E-state index contributed by atoms with van der Waals surface area (Å²) in [5, 5.41) is 6.97. The molecule has 132 valence electrons. The van der Waals surface area contributed by atoms with Gasteiger partial charge in [-0.3, -0.25) is 0 Å². The van der Waals surface area contributed by atoms with Gasteiger partial charge in [-0.2, -0.15) is 5.10 Å². The standard InChI is InChI=1S/C18H20ClN3O3/c1-12(2)25-17-15(19)9-13(10-16(17)24-3)11-20-22-18(23)21-14-7-5-4-6-8-14/h4-12H,1-3H3,(H2,21,22,23)/b20-11-. The van der Waals surface area contributed by atoms with Crippen LogP contribution in [0.4, 0.5) is 10.5 Å². The summed E-state index contributed by atoms with van der Waals surface area (Å²) in [7, 11) is 1.53. The van der Waals surface area contributed by atoms with Crippen molar-refractivity contribution in [1.29, 1.82) is 0 Å². The van der Waals surface area contributed by atoms with E-state index < -0.39 is 6.03 Å². The molecule has 0 aliphatic carbocycles. The average molecular weight is 362 g/mol. The molecule has 0 spiro atoms. The molecule has 0 aromatic heterocycles. The Bertz CT molecular complexity index is 749. The minimum Gasteiger partial charge on any atom is -0.493 e. The van der Waals surface area contributed by atoms with E-state index in [9.17, 15) is 4.79 Å². The fourth-order valence-electron chi connectivity index (χ4n) is 2.01. The fraction of sp³-hybridized carbons (Fsp3) is 0.222. The number of methoxy groups -OCH3 is 1. The Labute approximate surface area is 151 Å². The van der Waals surface area contributed by atoms with Crippen LogP contribution in [0.15, 0.2) is 47.6 Å². The van der Waals surface area contributed by atoms with Gasteiger partial charge < -0.3 is 14.8 Å². The molecule has 2 N–H and O–H groups in total. The second kappa shape index (κ2) is 8.94. The molecular formula is C18H20ClN3O3. The molecule has 0 aliphatic rings. The van der Waals surface area contributed by atoms with E-state index in [1.165, 1.54) is 13.3 Å². The van der Waals surface area contributed by atoms with Crippen molar-refractivity contribution in [1.82, 2.24) is 5.43 Å². The smallest absolute Gasteiger partial charge is 0.339 e. The summed E-state index contributed by atoms with van der Waals surface area (Å²) >= 11 is 6.24. The van der Waals surface area contributed by atoms with Crippen LogP contribution < -0.4 is 20.2 Å². The van der Waals surface area contributed by atoms with E-state index in [0.717, 1.165) is 0 Å². The average Bonchev–Trinajstić information content (AvgIpc) is 2.57. The van der Waals surface area contributed by atoms with Gasteiger partial charge in [-0.1, -0.05) is 29.8 Å². The number of halogens is 1. The first-order valence-electron chi connectivity index (χ1n) is 7.69. The van der Waals surface area contributed by atoms with Crippen LogP contribution in [0.1, 0.15) is 19.4 Å². The fourth-order valence-corrected chi connectivity index (χ4v) is 2.27. The summed E-state index contributed by atoms with van der Waals surface area (Å²) in [5.74, 6) is 0.975. The monoisotopic (exact) mass is 361 g/mol. The molecule has 0 unspecified atom stereocenters. The van der Waals surface area contributed by atoms with E-state index in [0.29, 0.717) is 27.8 Å². The third kappa shape index (κ3) is 5.69. The van der Waals surface area contributed by atoms with Crippen molar-refractivity contribution in [3.8, 4) is 11.5 Å². The zero-order valence-electron chi connectivity index (χ0n) is 14.2. The van der Waals surface area contributed by atoms with E-state index in [4.69, 9.17) is 21.1 Å². The van der Waals surface area contributed by atoms with Crippen LogP contribution in [-0.2, 0) is 0 Å². The van der Waals surface area contributed by atoms with Crippen LogP contribution in [0.2, 0.25) is 5.02 Å². The van der Waals surface area contributed by atoms with Crippen molar-refractivity contribution >= 4 is 29.5 Å². The van der Waals surface area contributed by atoms with E-state index in [2.05, 4.69) is 15.8 Å². The van der Waals surface area contributed by atoms with E-state index in [1.807, 2.05) is 32.0 Å². The number of para-hydroxylation sites is 1. The van der Waals surface area contributed by atoms with Crippen LogP contribution in [0, 0.1) is 0 Å². The van der Waals surface area contributed by atoms with Gasteiger partial charge in [0, 0.05) is 5.69 Å². The second-order valence-electron chi connectivity index (χ2n) is 5.39. The molecule has 0 atom stereocenters. The van der Waals surface area contributed by atoms with Gasteiger partial charge in [-0.25, -0.2) is 10.2 Å². The highest BCUT2D eigenvalue weighted by atomic mass is 35.5. The van der Waals surface area contributed by atoms with Gasteiger partial charge in [0.1, 0.15) is 0 Å². The lowest BCUT2D eigenvalue weighted by molar-refractivity contribution is 0.230. The molecule has 0 bridgehead atoms. The van der Waals surface area contributed by atoms with Crippen molar-refractivity contribution in [2.75, 3.05) is 12.4 Å². The summed E-state index contributed by atoms with van der Waals surface area (Å²) in [6, 6.07) is 12.0. The maximum atomic E-state index is 11.8. The topological polar surface area (TPSA) is 72.0 Å². The Morgan fingerprint density at radius 1 is 1.24 bits per heavy atom. The molecule has 2 rings (SSSR count). The molecule has 0 saturated heterocycles. The summed E-state index contributed by atoms with van der Waals surface area (Å²) in [6.45, 7) is 3.81. The van der Waals surface area contributed by atoms with Crippen LogP contribution >= 0.6 is 11.6 Å². The van der Waals surface area contributed by atoms with Crippen molar-refractivity contribution < 1.29 is 14.3 Å². The Kier molecular flexibility index (Phi) is 6.65. The first kappa shape index (κ1) is 18.6. The Balaban J connectivity index is 2.03. The predicted octanol–water partition coefficient (Wildman–Crippen LogP) is 4.29. The highest BCUT2D eigenvalue weighted by molar-refractivity contribution is 6.32. The summed E-state index contributed by atoms with van der Waals surface area (Å²) < 4.78 is 11.0. The number of anilines is 1. The zero-order chi connectivity index (χ0) is 18.2. The number of nitrogens with zero attached hydrogens (tertiary/aromatic N) is 1. The van der Waals surface area contributed by atoms with Crippen molar-refractivity contribution in [3.63, 3.8) is 0 Å². The molecule has 0 heterocycles. The van der Waals surface area contributed by atoms with Gasteiger partial charge in [-0.15, -0.1) is 0 Å². The van der Waals surface area contributed by atoms with Gasteiger partial charge >= 0.3 is 6.03 Å². The Morgan fingerprint density at radius 3 is 2.60 bits per heavy atom. The largest absolute Gasteiger partial charge is 0.493 e. The molecule has 2 aromatic rings. The molecule has 6 nitrogen and oxygen atoms in total. The number of hydrazone groups is 1. The molecule has 0 fully saturated rings. The van der Waals surface area contributed by atoms with Crippen LogP contribution in [-0.4, -0.2) is 25.5 Å². The molecule has 7 heteroatoms.